The number of ether oxygens (including phenoxy) is 2. The van der Waals surface area contributed by atoms with Crippen LogP contribution in [0.4, 0.5) is 14.5 Å². The molecule has 4 aliphatic rings. The molecule has 1 saturated heterocycles. The lowest BCUT2D eigenvalue weighted by atomic mass is 9.71. The Morgan fingerprint density at radius 3 is 2.77 bits per heavy atom. The lowest BCUT2D eigenvalue weighted by Gasteiger charge is -2.40. The van der Waals surface area contributed by atoms with E-state index < -0.39 is 29.1 Å². The van der Waals surface area contributed by atoms with Crippen LogP contribution in [0.15, 0.2) is 48.5 Å². The number of benzene rings is 3. The second kappa shape index (κ2) is 9.89. The number of carbonyl (C=O) groups excluding carboxylic acids is 2. The van der Waals surface area contributed by atoms with Gasteiger partial charge in [-0.15, -0.1) is 0 Å². The molecule has 0 unspecified atom stereocenters. The van der Waals surface area contributed by atoms with Crippen molar-refractivity contribution in [2.24, 2.45) is 11.8 Å². The van der Waals surface area contributed by atoms with Crippen molar-refractivity contribution >= 4 is 51.7 Å². The first-order valence-electron chi connectivity index (χ1n) is 14.5. The number of fused-ring (bicyclic) bond motifs is 6. The predicted octanol–water partition coefficient (Wildman–Crippen LogP) is 6.14. The molecule has 1 spiro atoms. The van der Waals surface area contributed by atoms with E-state index in [1.54, 1.807) is 28.9 Å². The Labute approximate surface area is 260 Å². The molecule has 4 heterocycles. The zero-order valence-electron chi connectivity index (χ0n) is 23.5. The van der Waals surface area contributed by atoms with Crippen molar-refractivity contribution in [3.05, 3.63) is 86.9 Å². The average Bonchev–Trinajstić information content (AvgIpc) is 3.68. The Balaban J connectivity index is 1.35. The minimum Gasteiger partial charge on any atom is -0.476 e. The summed E-state index contributed by atoms with van der Waals surface area (Å²) >= 11 is 12.7. The van der Waals surface area contributed by atoms with Gasteiger partial charge in [-0.2, -0.15) is 5.10 Å². The molecular weight excluding hydrogens is 613 g/mol. The Kier molecular flexibility index (Phi) is 6.25. The fraction of sp³-hybridized carbons (Fsp3) is 0.344. The topological polar surface area (TPSA) is 85.7 Å². The standard InChI is InChI=1S/C32H26Cl2F2N4O4/c1-43-30(41)18-11-24-19(10-23(18)35)29-40(38-24)13-20-26(14-44-29)39(12-15-5-6-15)32(27(20)17-3-2-4-22(34)28(17)36)21-8-7-16(33)9-25(21)37-31(32)42/h2-4,7-11,15,20,26-27H,5-6,12-14H2,1H3,(H,37,42)/t20-,26+,27+,32-/m1/s1. The third-order valence-electron chi connectivity index (χ3n) is 9.64. The normalized spacial score (nSPS) is 25.8. The largest absolute Gasteiger partial charge is 0.476 e. The summed E-state index contributed by atoms with van der Waals surface area (Å²) in [5, 5.41) is 8.61. The monoisotopic (exact) mass is 638 g/mol. The van der Waals surface area contributed by atoms with Gasteiger partial charge in [-0.25, -0.2) is 18.3 Å². The summed E-state index contributed by atoms with van der Waals surface area (Å²) in [6, 6.07) is 12.4. The number of halogens is 4. The first-order chi connectivity index (χ1) is 21.2. The van der Waals surface area contributed by atoms with Crippen LogP contribution in [0.25, 0.3) is 10.9 Å². The highest BCUT2D eigenvalue weighted by molar-refractivity contribution is 6.31. The van der Waals surface area contributed by atoms with Crippen LogP contribution in [0, 0.1) is 23.5 Å². The van der Waals surface area contributed by atoms with Gasteiger partial charge in [0.15, 0.2) is 0 Å². The number of rotatable bonds is 4. The van der Waals surface area contributed by atoms with Gasteiger partial charge in [-0.1, -0.05) is 41.4 Å². The van der Waals surface area contributed by atoms with Crippen LogP contribution in [-0.4, -0.2) is 52.9 Å². The summed E-state index contributed by atoms with van der Waals surface area (Å²) in [6.07, 6.45) is 2.06. The Hall–Kier alpha value is -3.73. The molecule has 1 saturated carbocycles. The van der Waals surface area contributed by atoms with Crippen LogP contribution in [-0.2, 0) is 21.6 Å². The van der Waals surface area contributed by atoms with Gasteiger partial charge in [0, 0.05) is 41.2 Å². The van der Waals surface area contributed by atoms with Crippen molar-refractivity contribution < 1.29 is 27.8 Å². The van der Waals surface area contributed by atoms with Gasteiger partial charge in [-0.3, -0.25) is 9.69 Å². The van der Waals surface area contributed by atoms with E-state index in [1.807, 2.05) is 6.07 Å². The minimum atomic E-state index is -1.28. The fourth-order valence-corrected chi connectivity index (χ4v) is 8.00. The number of hydrogen-bond donors (Lipinski definition) is 1. The SMILES string of the molecule is COC(=O)c1cc2nn3c(c2cc1F)OC[C@H]1[C@@H](C3)[C@H](c2cccc(Cl)c2F)[C@]2(C(=O)Nc3cc(Cl)ccc32)N1CC1CC1. The van der Waals surface area contributed by atoms with Crippen molar-refractivity contribution in [3.8, 4) is 5.88 Å². The van der Waals surface area contributed by atoms with Crippen LogP contribution in [0.3, 0.4) is 0 Å². The van der Waals surface area contributed by atoms with Crippen molar-refractivity contribution in [2.75, 3.05) is 25.6 Å². The second-order valence-electron chi connectivity index (χ2n) is 12.0. The zero-order chi connectivity index (χ0) is 30.5. The molecule has 1 aliphatic carbocycles. The number of esters is 1. The first-order valence-corrected chi connectivity index (χ1v) is 15.2. The molecule has 0 bridgehead atoms. The molecule has 8 nitrogen and oxygen atoms in total. The molecule has 1 amide bonds. The van der Waals surface area contributed by atoms with Gasteiger partial charge in [0.2, 0.25) is 11.8 Å². The lowest BCUT2D eigenvalue weighted by Crippen LogP contribution is -2.53. The summed E-state index contributed by atoms with van der Waals surface area (Å²) in [5.74, 6) is -2.76. The summed E-state index contributed by atoms with van der Waals surface area (Å²) in [6.45, 7) is 0.994. The van der Waals surface area contributed by atoms with E-state index in [0.29, 0.717) is 45.5 Å². The van der Waals surface area contributed by atoms with E-state index in [4.69, 9.17) is 37.8 Å². The van der Waals surface area contributed by atoms with Crippen LogP contribution in [0.2, 0.25) is 10.0 Å². The van der Waals surface area contributed by atoms with E-state index in [9.17, 15) is 9.59 Å². The number of aromatic nitrogens is 2. The fourth-order valence-electron chi connectivity index (χ4n) is 7.64. The maximum Gasteiger partial charge on any atom is 0.340 e. The maximum absolute atomic E-state index is 16.1. The van der Waals surface area contributed by atoms with E-state index in [1.165, 1.54) is 25.3 Å². The van der Waals surface area contributed by atoms with E-state index >= 15 is 8.78 Å². The molecule has 226 valence electrons. The van der Waals surface area contributed by atoms with Crippen LogP contribution < -0.4 is 10.1 Å². The molecule has 4 aromatic rings. The molecule has 0 radical (unpaired) electrons. The number of likely N-dealkylation sites (tertiary alicyclic amines) is 1. The first kappa shape index (κ1) is 27.8. The van der Waals surface area contributed by atoms with Gasteiger partial charge in [-0.05, 0) is 54.7 Å². The molecule has 3 aliphatic heterocycles. The van der Waals surface area contributed by atoms with E-state index in [-0.39, 0.29) is 41.6 Å². The lowest BCUT2D eigenvalue weighted by molar-refractivity contribution is -0.128. The Bertz CT molecular complexity index is 1900. The highest BCUT2D eigenvalue weighted by atomic mass is 35.5. The summed E-state index contributed by atoms with van der Waals surface area (Å²) in [4.78, 5) is 28.8. The van der Waals surface area contributed by atoms with Crippen molar-refractivity contribution in [3.63, 3.8) is 0 Å². The Morgan fingerprint density at radius 1 is 1.18 bits per heavy atom. The average molecular weight is 639 g/mol. The predicted molar refractivity (Wildman–Crippen MR) is 159 cm³/mol. The molecule has 12 heteroatoms. The van der Waals surface area contributed by atoms with E-state index in [2.05, 4.69) is 10.2 Å². The van der Waals surface area contributed by atoms with Crippen molar-refractivity contribution in [1.82, 2.24) is 14.7 Å². The number of hydrogen-bond acceptors (Lipinski definition) is 6. The molecule has 1 aromatic heterocycles. The number of amides is 1. The van der Waals surface area contributed by atoms with Gasteiger partial charge < -0.3 is 14.8 Å². The van der Waals surface area contributed by atoms with Gasteiger partial charge in [0.1, 0.15) is 23.8 Å². The van der Waals surface area contributed by atoms with Crippen LogP contribution >= 0.6 is 23.2 Å². The number of methoxy groups -OCH3 is 1. The summed E-state index contributed by atoms with van der Waals surface area (Å²) in [5.41, 5.74) is 0.472. The molecule has 4 atom stereocenters. The number of nitrogens with zero attached hydrogens (tertiary/aromatic N) is 3. The summed E-state index contributed by atoms with van der Waals surface area (Å²) < 4.78 is 43.9. The van der Waals surface area contributed by atoms with Gasteiger partial charge >= 0.3 is 5.97 Å². The van der Waals surface area contributed by atoms with Crippen LogP contribution in [0.1, 0.15) is 40.2 Å². The second-order valence-corrected chi connectivity index (χ2v) is 12.8. The van der Waals surface area contributed by atoms with Crippen molar-refractivity contribution in [1.29, 1.82) is 0 Å². The minimum absolute atomic E-state index is 0.0363. The van der Waals surface area contributed by atoms with Gasteiger partial charge in [0.05, 0.1) is 34.6 Å². The van der Waals surface area contributed by atoms with Crippen LogP contribution in [0.5, 0.6) is 5.88 Å². The number of carbonyl (C=O) groups is 2. The molecule has 2 fully saturated rings. The summed E-state index contributed by atoms with van der Waals surface area (Å²) in [7, 11) is 1.18. The molecule has 44 heavy (non-hydrogen) atoms. The maximum atomic E-state index is 16.1. The van der Waals surface area contributed by atoms with Gasteiger partial charge in [0.25, 0.3) is 0 Å². The highest BCUT2D eigenvalue weighted by Gasteiger charge is 2.68. The quantitative estimate of drug-likeness (QED) is 0.270. The molecule has 1 N–H and O–H groups in total. The highest BCUT2D eigenvalue weighted by Crippen LogP contribution is 2.61. The number of anilines is 1. The molecular formula is C32H26Cl2F2N4O4. The van der Waals surface area contributed by atoms with Crippen molar-refractivity contribution in [2.45, 2.75) is 36.9 Å². The van der Waals surface area contributed by atoms with E-state index in [0.717, 1.165) is 18.4 Å². The third-order valence-corrected chi connectivity index (χ3v) is 10.2. The Morgan fingerprint density at radius 2 is 2.00 bits per heavy atom. The third kappa shape index (κ3) is 3.87. The molecule has 8 rings (SSSR count). The zero-order valence-corrected chi connectivity index (χ0v) is 25.0. The molecule has 3 aromatic carbocycles. The number of nitrogens with one attached hydrogen (secondary N) is 1. The smallest absolute Gasteiger partial charge is 0.340 e.